The number of benzene rings is 1. The summed E-state index contributed by atoms with van der Waals surface area (Å²) < 4.78 is 12.3. The highest BCUT2D eigenvalue weighted by Gasteiger charge is 2.45. The highest BCUT2D eigenvalue weighted by atomic mass is 16.7. The Labute approximate surface area is 300 Å². The molecule has 0 saturated heterocycles. The lowest BCUT2D eigenvalue weighted by Crippen LogP contribution is -2.44. The zero-order chi connectivity index (χ0) is 36.2. The molecule has 4 heterocycles. The number of hydrogen-bond acceptors (Lipinski definition) is 8. The van der Waals surface area contributed by atoms with Crippen molar-refractivity contribution in [1.29, 1.82) is 0 Å². The number of fused-ring (bicyclic) bond motifs is 5. The van der Waals surface area contributed by atoms with Crippen LogP contribution >= 0.6 is 0 Å². The summed E-state index contributed by atoms with van der Waals surface area (Å²) in [5, 5.41) is 12.0. The lowest BCUT2D eigenvalue weighted by atomic mass is 9.86. The quantitative estimate of drug-likeness (QED) is 0.0432. The number of ether oxygens (including phenoxy) is 2. The van der Waals surface area contributed by atoms with E-state index in [2.05, 4.69) is 36.7 Å². The number of carbonyl (C=O) groups is 2. The first-order chi connectivity index (χ1) is 24.8. The molecule has 0 fully saturated rings. The van der Waals surface area contributed by atoms with Crippen molar-refractivity contribution in [3.05, 3.63) is 81.2 Å². The first kappa shape index (κ1) is 38.0. The van der Waals surface area contributed by atoms with E-state index in [1.54, 1.807) is 35.8 Å². The Morgan fingerprint density at radius 2 is 1.69 bits per heavy atom. The van der Waals surface area contributed by atoms with Gasteiger partial charge in [0.15, 0.2) is 5.60 Å². The van der Waals surface area contributed by atoms with E-state index < -0.39 is 17.7 Å². The Bertz CT molecular complexity index is 1810. The molecule has 0 bridgehead atoms. The maximum absolute atomic E-state index is 13.6. The molecule has 1 amide bonds. The number of allylic oxidation sites excluding steroid dienone is 4. The molecule has 2 aliphatic heterocycles. The summed E-state index contributed by atoms with van der Waals surface area (Å²) in [5.74, 6) is -0.402. The number of carbonyl (C=O) groups excluding carboxylic acids is 2. The highest BCUT2D eigenvalue weighted by molar-refractivity contribution is 5.90. The molecule has 3 aromatic rings. The summed E-state index contributed by atoms with van der Waals surface area (Å²) in [6.45, 7) is 6.48. The van der Waals surface area contributed by atoms with Crippen LogP contribution in [0.2, 0.25) is 0 Å². The predicted molar refractivity (Wildman–Crippen MR) is 198 cm³/mol. The summed E-state index contributed by atoms with van der Waals surface area (Å²) in [6.07, 6.45) is 23.1. The van der Waals surface area contributed by atoms with Gasteiger partial charge in [-0.3, -0.25) is 9.63 Å². The summed E-state index contributed by atoms with van der Waals surface area (Å²) in [6, 6.07) is 6.94. The van der Waals surface area contributed by atoms with Gasteiger partial charge in [0, 0.05) is 16.5 Å². The molecule has 2 aromatic heterocycles. The lowest BCUT2D eigenvalue weighted by Gasteiger charge is -2.31. The molecular weight excluding hydrogens is 646 g/mol. The molecule has 0 spiro atoms. The Morgan fingerprint density at radius 3 is 2.41 bits per heavy atom. The van der Waals surface area contributed by atoms with Crippen molar-refractivity contribution < 1.29 is 29.0 Å². The van der Waals surface area contributed by atoms with Crippen molar-refractivity contribution in [1.82, 2.24) is 15.0 Å². The average Bonchev–Trinajstić information content (AvgIpc) is 3.50. The highest BCUT2D eigenvalue weighted by Crippen LogP contribution is 2.40. The minimum Gasteiger partial charge on any atom is -0.458 e. The average molecular weight is 700 g/mol. The van der Waals surface area contributed by atoms with Crippen LogP contribution in [0.15, 0.2) is 53.4 Å². The van der Waals surface area contributed by atoms with Crippen LogP contribution in [0.4, 0.5) is 4.79 Å². The van der Waals surface area contributed by atoms with Crippen molar-refractivity contribution in [2.75, 3.05) is 6.61 Å². The molecular formula is C41H53N3O7. The molecule has 1 atom stereocenters. The minimum atomic E-state index is -1.88. The number of hydrogen-bond donors (Lipinski definition) is 2. The topological polar surface area (TPSA) is 129 Å². The van der Waals surface area contributed by atoms with E-state index in [9.17, 15) is 19.5 Å². The number of pyridine rings is 2. The number of nitrogens with one attached hydrogen (secondary N) is 1. The maximum atomic E-state index is 13.6. The first-order valence-corrected chi connectivity index (χ1v) is 18.8. The van der Waals surface area contributed by atoms with Gasteiger partial charge in [-0.2, -0.15) is 5.48 Å². The molecule has 2 N–H and O–H groups in total. The molecule has 10 heteroatoms. The molecule has 274 valence electrons. The number of cyclic esters (lactones) is 1. The van der Waals surface area contributed by atoms with Gasteiger partial charge in [0.2, 0.25) is 0 Å². The van der Waals surface area contributed by atoms with Gasteiger partial charge in [-0.1, -0.05) is 83.6 Å². The second kappa shape index (κ2) is 18.3. The molecule has 5 rings (SSSR count). The van der Waals surface area contributed by atoms with E-state index in [0.29, 0.717) is 42.2 Å². The van der Waals surface area contributed by atoms with E-state index >= 15 is 0 Å². The summed E-state index contributed by atoms with van der Waals surface area (Å²) in [4.78, 5) is 48.8. The van der Waals surface area contributed by atoms with E-state index in [4.69, 9.17) is 19.3 Å². The van der Waals surface area contributed by atoms with E-state index in [1.165, 1.54) is 44.9 Å². The van der Waals surface area contributed by atoms with Crippen molar-refractivity contribution in [3.8, 4) is 17.1 Å². The third-order valence-electron chi connectivity index (χ3n) is 9.94. The van der Waals surface area contributed by atoms with Crippen LogP contribution in [0.1, 0.15) is 126 Å². The number of amides is 1. The van der Waals surface area contributed by atoms with Crippen molar-refractivity contribution in [2.45, 2.75) is 129 Å². The molecule has 1 aromatic carbocycles. The van der Waals surface area contributed by atoms with Gasteiger partial charge in [0.1, 0.15) is 12.4 Å². The second-order valence-electron chi connectivity index (χ2n) is 13.5. The van der Waals surface area contributed by atoms with Gasteiger partial charge < -0.3 is 19.1 Å². The van der Waals surface area contributed by atoms with Gasteiger partial charge in [-0.25, -0.2) is 14.6 Å². The molecule has 0 saturated carbocycles. The van der Waals surface area contributed by atoms with Gasteiger partial charge in [0.25, 0.3) is 5.56 Å². The monoisotopic (exact) mass is 699 g/mol. The molecule has 0 aliphatic carbocycles. The van der Waals surface area contributed by atoms with Crippen LogP contribution in [0, 0.1) is 0 Å². The van der Waals surface area contributed by atoms with Crippen LogP contribution in [0.3, 0.4) is 0 Å². The number of aromatic nitrogens is 2. The first-order valence-electron chi connectivity index (χ1n) is 18.8. The molecule has 0 radical (unpaired) electrons. The molecule has 10 nitrogen and oxygen atoms in total. The smallest absolute Gasteiger partial charge is 0.436 e. The Morgan fingerprint density at radius 1 is 0.961 bits per heavy atom. The van der Waals surface area contributed by atoms with Gasteiger partial charge in [0.05, 0.1) is 35.6 Å². The van der Waals surface area contributed by atoms with Crippen LogP contribution in [-0.2, 0) is 39.5 Å². The van der Waals surface area contributed by atoms with E-state index in [1.807, 2.05) is 6.92 Å². The molecule has 51 heavy (non-hydrogen) atoms. The second-order valence-corrected chi connectivity index (χ2v) is 13.5. The fourth-order valence-corrected chi connectivity index (χ4v) is 7.01. The summed E-state index contributed by atoms with van der Waals surface area (Å²) >= 11 is 0. The number of nitrogens with zero attached hydrogens (tertiary/aromatic N) is 2. The lowest BCUT2D eigenvalue weighted by molar-refractivity contribution is -0.172. The fourth-order valence-electron chi connectivity index (χ4n) is 7.01. The van der Waals surface area contributed by atoms with Gasteiger partial charge >= 0.3 is 12.1 Å². The number of esters is 1. The van der Waals surface area contributed by atoms with Gasteiger partial charge in [-0.15, -0.1) is 0 Å². The zero-order valence-electron chi connectivity index (χ0n) is 30.4. The molecule has 2 aliphatic rings. The summed E-state index contributed by atoms with van der Waals surface area (Å²) in [7, 11) is 0. The number of unbranched alkanes of at least 4 members (excludes halogenated alkanes) is 9. The summed E-state index contributed by atoms with van der Waals surface area (Å²) in [5.41, 5.74) is 4.51. The third-order valence-corrected chi connectivity index (χ3v) is 9.94. The van der Waals surface area contributed by atoms with Crippen LogP contribution < -0.4 is 15.8 Å². The van der Waals surface area contributed by atoms with Crippen LogP contribution in [0.5, 0.6) is 5.75 Å². The molecule has 0 unspecified atom stereocenters. The van der Waals surface area contributed by atoms with E-state index in [0.717, 1.165) is 48.6 Å². The fraction of sp³-hybridized carbons (Fsp3) is 0.512. The predicted octanol–water partition coefficient (Wildman–Crippen LogP) is 8.48. The number of rotatable bonds is 19. The number of aryl methyl sites for hydroxylation is 1. The Hall–Kier alpha value is -4.28. The SMILES string of the molecule is CCCCCC=CCC=CCCCCCCCCONC(=O)Oc1ccc2nc3c(c(CC)c2c1)Cn1c-3cc2c(c1=O)COC(=O)[C@]2(O)CC. The zero-order valence-corrected chi connectivity index (χ0v) is 30.4. The van der Waals surface area contributed by atoms with Crippen molar-refractivity contribution in [3.63, 3.8) is 0 Å². The maximum Gasteiger partial charge on any atom is 0.436 e. The third kappa shape index (κ3) is 8.97. The van der Waals surface area contributed by atoms with Gasteiger partial charge in [-0.05, 0) is 81.2 Å². The van der Waals surface area contributed by atoms with Crippen molar-refractivity contribution >= 4 is 23.0 Å². The Kier molecular flexibility index (Phi) is 13.6. The normalized spacial score (nSPS) is 16.4. The number of aliphatic hydroxyl groups is 1. The van der Waals surface area contributed by atoms with Crippen LogP contribution in [0.25, 0.3) is 22.3 Å². The van der Waals surface area contributed by atoms with Crippen LogP contribution in [-0.4, -0.2) is 33.3 Å². The Balaban J connectivity index is 1.07. The number of hydroxylamine groups is 1. The van der Waals surface area contributed by atoms with E-state index in [-0.39, 0.29) is 29.7 Å². The minimum absolute atomic E-state index is 0.0812. The standard InChI is InChI=1S/C41H53N3O7/c1-4-7-8-9-10-11-12-13-14-15-16-17-18-19-20-21-24-50-43-40(47)51-29-22-23-35-31(25-29)30(5-2)32-27-44-36(37(32)42-35)26-34-33(38(44)45)28-49-39(46)41(34,48)6-3/h10-11,13-14,22-23,25-26,48H,4-9,12,15-21,24,27-28H2,1-3H3,(H,43,47)/t41-/m0/s1. The van der Waals surface area contributed by atoms with Crippen molar-refractivity contribution in [2.24, 2.45) is 0 Å². The largest absolute Gasteiger partial charge is 0.458 e.